The van der Waals surface area contributed by atoms with E-state index in [1.807, 2.05) is 24.3 Å². The van der Waals surface area contributed by atoms with Crippen LogP contribution < -0.4 is 14.2 Å². The first-order valence-electron chi connectivity index (χ1n) is 12.5. The summed E-state index contributed by atoms with van der Waals surface area (Å²) in [6.45, 7) is 5.89. The lowest BCUT2D eigenvalue weighted by atomic mass is 9.87. The van der Waals surface area contributed by atoms with Crippen LogP contribution in [0.25, 0.3) is 11.1 Å². The Labute approximate surface area is 206 Å². The molecule has 184 valence electrons. The third kappa shape index (κ3) is 5.61. The third-order valence-electron chi connectivity index (χ3n) is 7.12. The Morgan fingerprint density at radius 1 is 0.914 bits per heavy atom. The molecule has 3 aromatic rings. The zero-order chi connectivity index (χ0) is 24.4. The molecule has 5 rings (SSSR count). The number of alkyl halides is 2. The van der Waals surface area contributed by atoms with E-state index in [1.54, 1.807) is 0 Å². The first-order valence-corrected chi connectivity index (χ1v) is 12.5. The van der Waals surface area contributed by atoms with Crippen molar-refractivity contribution in [3.05, 3.63) is 76.9 Å². The molecule has 0 spiro atoms. The predicted molar refractivity (Wildman–Crippen MR) is 134 cm³/mol. The van der Waals surface area contributed by atoms with E-state index in [0.29, 0.717) is 26.1 Å². The lowest BCUT2D eigenvalue weighted by molar-refractivity contribution is -0.0498. The summed E-state index contributed by atoms with van der Waals surface area (Å²) < 4.78 is 44.5. The zero-order valence-corrected chi connectivity index (χ0v) is 20.4. The number of benzene rings is 3. The van der Waals surface area contributed by atoms with E-state index >= 15 is 0 Å². The van der Waals surface area contributed by atoms with Crippen LogP contribution in [0.4, 0.5) is 8.78 Å². The summed E-state index contributed by atoms with van der Waals surface area (Å²) >= 11 is 0. The van der Waals surface area contributed by atoms with Crippen LogP contribution in [0.1, 0.15) is 47.9 Å². The quantitative estimate of drug-likeness (QED) is 0.348. The average molecular weight is 479 g/mol. The lowest BCUT2D eigenvalue weighted by Crippen LogP contribution is -2.27. The summed E-state index contributed by atoms with van der Waals surface area (Å²) in [5.74, 6) is 0.238. The summed E-state index contributed by atoms with van der Waals surface area (Å²) in [5.41, 5.74) is 6.91. The normalized spacial score (nSPS) is 17.0. The SMILES string of the molecule is Cc1cc(OCC2CCC(F)(F)CC2)cc(C)c1-c1cccc(COc2ccc3c(c2)OCC3)c1. The molecule has 0 unspecified atom stereocenters. The van der Waals surface area contributed by atoms with E-state index in [-0.39, 0.29) is 18.8 Å². The van der Waals surface area contributed by atoms with Gasteiger partial charge >= 0.3 is 0 Å². The number of aryl methyl sites for hydroxylation is 2. The zero-order valence-electron chi connectivity index (χ0n) is 20.4. The van der Waals surface area contributed by atoms with Crippen molar-refractivity contribution >= 4 is 0 Å². The number of hydrogen-bond donors (Lipinski definition) is 0. The van der Waals surface area contributed by atoms with Gasteiger partial charge in [0.15, 0.2) is 0 Å². The van der Waals surface area contributed by atoms with E-state index in [0.717, 1.165) is 52.5 Å². The molecule has 5 heteroatoms. The molecule has 0 bridgehead atoms. The van der Waals surface area contributed by atoms with Crippen LogP contribution in [-0.4, -0.2) is 19.1 Å². The van der Waals surface area contributed by atoms with Crippen molar-refractivity contribution in [3.63, 3.8) is 0 Å². The highest BCUT2D eigenvalue weighted by Gasteiger charge is 2.35. The molecule has 1 saturated carbocycles. The highest BCUT2D eigenvalue weighted by molar-refractivity contribution is 5.72. The van der Waals surface area contributed by atoms with Gasteiger partial charge in [-0.05, 0) is 90.3 Å². The van der Waals surface area contributed by atoms with Crippen molar-refractivity contribution in [3.8, 4) is 28.4 Å². The second kappa shape index (κ2) is 9.88. The monoisotopic (exact) mass is 478 g/mol. The number of rotatable bonds is 7. The molecule has 2 aliphatic rings. The lowest BCUT2D eigenvalue weighted by Gasteiger charge is -2.28. The van der Waals surface area contributed by atoms with Crippen molar-refractivity contribution in [1.29, 1.82) is 0 Å². The first kappa shape index (κ1) is 23.7. The van der Waals surface area contributed by atoms with Crippen molar-refractivity contribution < 1.29 is 23.0 Å². The second-order valence-electron chi connectivity index (χ2n) is 9.90. The molecule has 1 heterocycles. The summed E-state index contributed by atoms with van der Waals surface area (Å²) in [5, 5.41) is 0. The highest BCUT2D eigenvalue weighted by Crippen LogP contribution is 2.37. The summed E-state index contributed by atoms with van der Waals surface area (Å²) in [4.78, 5) is 0. The Morgan fingerprint density at radius 2 is 1.69 bits per heavy atom. The maximum atomic E-state index is 13.4. The van der Waals surface area contributed by atoms with Crippen LogP contribution in [-0.2, 0) is 13.0 Å². The topological polar surface area (TPSA) is 27.7 Å². The predicted octanol–water partition coefficient (Wildman–Crippen LogP) is 7.69. The molecular formula is C30H32F2O3. The molecule has 0 atom stereocenters. The fourth-order valence-corrected chi connectivity index (χ4v) is 5.16. The Balaban J connectivity index is 1.24. The van der Waals surface area contributed by atoms with Gasteiger partial charge in [0, 0.05) is 25.3 Å². The number of ether oxygens (including phenoxy) is 3. The fourth-order valence-electron chi connectivity index (χ4n) is 5.16. The Bertz CT molecular complexity index is 1170. The maximum absolute atomic E-state index is 13.4. The van der Waals surface area contributed by atoms with Crippen LogP contribution in [0.5, 0.6) is 17.2 Å². The molecule has 1 fully saturated rings. The Morgan fingerprint density at radius 3 is 2.46 bits per heavy atom. The number of fused-ring (bicyclic) bond motifs is 1. The van der Waals surface area contributed by atoms with Crippen LogP contribution in [0.3, 0.4) is 0 Å². The van der Waals surface area contributed by atoms with Crippen molar-refractivity contribution in [1.82, 2.24) is 0 Å². The molecule has 1 aliphatic heterocycles. The molecule has 0 aromatic heterocycles. The van der Waals surface area contributed by atoms with Gasteiger partial charge in [0.25, 0.3) is 0 Å². The van der Waals surface area contributed by atoms with Gasteiger partial charge in [-0.3, -0.25) is 0 Å². The fraction of sp³-hybridized carbons (Fsp3) is 0.400. The van der Waals surface area contributed by atoms with Gasteiger partial charge in [-0.15, -0.1) is 0 Å². The van der Waals surface area contributed by atoms with Crippen LogP contribution in [0.15, 0.2) is 54.6 Å². The number of halogens is 2. The second-order valence-corrected chi connectivity index (χ2v) is 9.90. The van der Waals surface area contributed by atoms with Gasteiger partial charge in [0.2, 0.25) is 5.92 Å². The third-order valence-corrected chi connectivity index (χ3v) is 7.12. The van der Waals surface area contributed by atoms with Crippen molar-refractivity contribution in [2.24, 2.45) is 5.92 Å². The minimum Gasteiger partial charge on any atom is -0.493 e. The van der Waals surface area contributed by atoms with Gasteiger partial charge < -0.3 is 14.2 Å². The smallest absolute Gasteiger partial charge is 0.248 e. The van der Waals surface area contributed by atoms with Gasteiger partial charge in [0.05, 0.1) is 13.2 Å². The van der Waals surface area contributed by atoms with E-state index < -0.39 is 5.92 Å². The van der Waals surface area contributed by atoms with E-state index in [1.165, 1.54) is 11.1 Å². The Kier molecular flexibility index (Phi) is 6.68. The van der Waals surface area contributed by atoms with Crippen molar-refractivity contribution in [2.45, 2.75) is 58.5 Å². The summed E-state index contributed by atoms with van der Waals surface area (Å²) in [7, 11) is 0. The largest absolute Gasteiger partial charge is 0.493 e. The molecule has 35 heavy (non-hydrogen) atoms. The summed E-state index contributed by atoms with van der Waals surface area (Å²) in [6.07, 6.45) is 1.95. The van der Waals surface area contributed by atoms with Gasteiger partial charge in [-0.1, -0.05) is 24.3 Å². The van der Waals surface area contributed by atoms with Gasteiger partial charge in [0.1, 0.15) is 23.9 Å². The molecule has 1 aliphatic carbocycles. The summed E-state index contributed by atoms with van der Waals surface area (Å²) in [6, 6.07) is 18.6. The van der Waals surface area contributed by atoms with Gasteiger partial charge in [-0.2, -0.15) is 0 Å². The average Bonchev–Trinajstić information content (AvgIpc) is 3.30. The molecule has 0 radical (unpaired) electrons. The molecule has 3 nitrogen and oxygen atoms in total. The molecular weight excluding hydrogens is 446 g/mol. The number of hydrogen-bond acceptors (Lipinski definition) is 3. The molecule has 0 saturated heterocycles. The van der Waals surface area contributed by atoms with Gasteiger partial charge in [-0.25, -0.2) is 8.78 Å². The van der Waals surface area contributed by atoms with Crippen LogP contribution in [0, 0.1) is 19.8 Å². The standard InChI is InChI=1S/C30H32F2O3/c1-20-14-27(35-18-22-8-11-30(31,32)12-9-22)15-21(2)29(20)25-5-3-4-23(16-25)19-34-26-7-6-24-10-13-33-28(24)17-26/h3-7,14-17,22H,8-13,18-19H2,1-2H3. The van der Waals surface area contributed by atoms with Crippen LogP contribution >= 0.6 is 0 Å². The van der Waals surface area contributed by atoms with E-state index in [2.05, 4.69) is 44.2 Å². The van der Waals surface area contributed by atoms with Crippen LogP contribution in [0.2, 0.25) is 0 Å². The molecule has 0 N–H and O–H groups in total. The first-order chi connectivity index (χ1) is 16.9. The minimum atomic E-state index is -2.50. The minimum absolute atomic E-state index is 0.0294. The maximum Gasteiger partial charge on any atom is 0.248 e. The van der Waals surface area contributed by atoms with E-state index in [9.17, 15) is 8.78 Å². The van der Waals surface area contributed by atoms with Crippen molar-refractivity contribution in [2.75, 3.05) is 13.2 Å². The Hall–Kier alpha value is -3.08. The molecule has 3 aromatic carbocycles. The van der Waals surface area contributed by atoms with E-state index in [4.69, 9.17) is 14.2 Å². The molecule has 0 amide bonds. The highest BCUT2D eigenvalue weighted by atomic mass is 19.3.